The van der Waals surface area contributed by atoms with Gasteiger partial charge in [0.15, 0.2) is 17.5 Å². The molecule has 0 aliphatic carbocycles. The Morgan fingerprint density at radius 3 is 2.50 bits per heavy atom. The summed E-state index contributed by atoms with van der Waals surface area (Å²) in [5, 5.41) is 4.58. The monoisotopic (exact) mass is 518 g/mol. The molecule has 1 heterocycles. The third-order valence-corrected chi connectivity index (χ3v) is 5.60. The first-order chi connectivity index (χ1) is 13.0. The predicted molar refractivity (Wildman–Crippen MR) is 128 cm³/mol. The van der Waals surface area contributed by atoms with E-state index in [4.69, 9.17) is 9.47 Å². The Balaban J connectivity index is 0.00000392. The molecule has 0 saturated heterocycles. The highest BCUT2D eigenvalue weighted by molar-refractivity contribution is 14.0. The van der Waals surface area contributed by atoms with Gasteiger partial charge >= 0.3 is 0 Å². The fourth-order valence-corrected chi connectivity index (χ4v) is 3.68. The van der Waals surface area contributed by atoms with Gasteiger partial charge in [-0.05, 0) is 36.6 Å². The van der Waals surface area contributed by atoms with E-state index in [0.717, 1.165) is 54.0 Å². The molecule has 0 amide bonds. The molecule has 0 radical (unpaired) electrons. The number of aryl methyl sites for hydroxylation is 2. The van der Waals surface area contributed by atoms with Crippen LogP contribution in [0.4, 0.5) is 0 Å². The SMILES string of the molecule is CCc1cnc(CCNC(=NC)N(C)Cc2cc(OC)c(OC)cc2C)s1.I. The smallest absolute Gasteiger partial charge is 0.193 e. The van der Waals surface area contributed by atoms with Gasteiger partial charge in [0, 0.05) is 44.7 Å². The second kappa shape index (κ2) is 12.1. The van der Waals surface area contributed by atoms with Crippen molar-refractivity contribution in [3.8, 4) is 11.5 Å². The molecule has 0 aliphatic heterocycles. The summed E-state index contributed by atoms with van der Waals surface area (Å²) in [5.74, 6) is 2.35. The van der Waals surface area contributed by atoms with Gasteiger partial charge in [-0.25, -0.2) is 4.98 Å². The van der Waals surface area contributed by atoms with Gasteiger partial charge in [0.2, 0.25) is 0 Å². The van der Waals surface area contributed by atoms with Crippen LogP contribution in [0, 0.1) is 6.92 Å². The summed E-state index contributed by atoms with van der Waals surface area (Å²) in [6.45, 7) is 5.76. The first-order valence-electron chi connectivity index (χ1n) is 9.09. The quantitative estimate of drug-likeness (QED) is 0.327. The molecule has 0 aliphatic rings. The Labute approximate surface area is 189 Å². The average molecular weight is 518 g/mol. The highest BCUT2D eigenvalue weighted by Crippen LogP contribution is 2.30. The van der Waals surface area contributed by atoms with Gasteiger partial charge in [-0.15, -0.1) is 35.3 Å². The number of hydrogen-bond acceptors (Lipinski definition) is 5. The maximum atomic E-state index is 5.43. The van der Waals surface area contributed by atoms with E-state index >= 15 is 0 Å². The normalized spacial score (nSPS) is 11.0. The van der Waals surface area contributed by atoms with E-state index in [1.165, 1.54) is 10.4 Å². The van der Waals surface area contributed by atoms with E-state index in [-0.39, 0.29) is 24.0 Å². The van der Waals surface area contributed by atoms with E-state index in [2.05, 4.69) is 34.0 Å². The maximum absolute atomic E-state index is 5.43. The lowest BCUT2D eigenvalue weighted by Crippen LogP contribution is -2.39. The lowest BCUT2D eigenvalue weighted by molar-refractivity contribution is 0.353. The number of ether oxygens (including phenoxy) is 2. The van der Waals surface area contributed by atoms with E-state index in [1.807, 2.05) is 25.4 Å². The van der Waals surface area contributed by atoms with E-state index < -0.39 is 0 Å². The van der Waals surface area contributed by atoms with Crippen LogP contribution in [-0.4, -0.2) is 50.7 Å². The number of thiazole rings is 1. The van der Waals surface area contributed by atoms with E-state index in [9.17, 15) is 0 Å². The summed E-state index contributed by atoms with van der Waals surface area (Å²) in [4.78, 5) is 12.3. The highest BCUT2D eigenvalue weighted by atomic mass is 127. The summed E-state index contributed by atoms with van der Waals surface area (Å²) in [6, 6.07) is 4.03. The molecule has 0 bridgehead atoms. The van der Waals surface area contributed by atoms with Crippen LogP contribution in [0.15, 0.2) is 23.3 Å². The van der Waals surface area contributed by atoms with Crippen LogP contribution >= 0.6 is 35.3 Å². The second-order valence-electron chi connectivity index (χ2n) is 6.29. The van der Waals surface area contributed by atoms with Crippen LogP contribution in [0.5, 0.6) is 11.5 Å². The number of nitrogens with one attached hydrogen (secondary N) is 1. The standard InChI is InChI=1S/C20H30N4O2S.HI/c1-7-16-12-23-19(27-16)8-9-22-20(21-3)24(4)13-15-11-18(26-6)17(25-5)10-14(15)2;/h10-12H,7-9,13H2,1-6H3,(H,21,22);1H. The number of rotatable bonds is 8. The molecule has 1 aromatic heterocycles. The molecule has 0 spiro atoms. The van der Waals surface area contributed by atoms with Gasteiger partial charge < -0.3 is 19.7 Å². The molecule has 28 heavy (non-hydrogen) atoms. The number of methoxy groups -OCH3 is 2. The first-order valence-corrected chi connectivity index (χ1v) is 9.90. The van der Waals surface area contributed by atoms with Crippen molar-refractivity contribution in [2.75, 3.05) is 34.9 Å². The number of halogens is 1. The number of benzene rings is 1. The van der Waals surface area contributed by atoms with Crippen LogP contribution < -0.4 is 14.8 Å². The van der Waals surface area contributed by atoms with Crippen molar-refractivity contribution < 1.29 is 9.47 Å². The zero-order chi connectivity index (χ0) is 19.8. The molecule has 1 N–H and O–H groups in total. The third kappa shape index (κ3) is 6.51. The summed E-state index contributed by atoms with van der Waals surface area (Å²) in [6.07, 6.45) is 3.91. The van der Waals surface area contributed by atoms with Gasteiger partial charge in [-0.1, -0.05) is 6.92 Å². The van der Waals surface area contributed by atoms with Gasteiger partial charge in [-0.3, -0.25) is 4.99 Å². The molecule has 1 aromatic carbocycles. The Kier molecular flexibility index (Phi) is 10.6. The van der Waals surface area contributed by atoms with Crippen molar-refractivity contribution in [3.05, 3.63) is 39.3 Å². The molecule has 0 atom stereocenters. The van der Waals surface area contributed by atoms with Crippen molar-refractivity contribution in [2.24, 2.45) is 4.99 Å². The zero-order valence-corrected chi connectivity index (χ0v) is 20.7. The van der Waals surface area contributed by atoms with Gasteiger partial charge in [0.05, 0.1) is 19.2 Å². The Morgan fingerprint density at radius 1 is 1.25 bits per heavy atom. The van der Waals surface area contributed by atoms with Gasteiger partial charge in [0.1, 0.15) is 0 Å². The summed E-state index contributed by atoms with van der Waals surface area (Å²) < 4.78 is 10.8. The molecule has 6 nitrogen and oxygen atoms in total. The van der Waals surface area contributed by atoms with Crippen molar-refractivity contribution in [1.29, 1.82) is 0 Å². The Hall–Kier alpha value is -1.55. The van der Waals surface area contributed by atoms with Crippen molar-refractivity contribution in [3.63, 3.8) is 0 Å². The molecule has 2 rings (SSSR count). The van der Waals surface area contributed by atoms with Crippen molar-refractivity contribution in [1.82, 2.24) is 15.2 Å². The summed E-state index contributed by atoms with van der Waals surface area (Å²) in [7, 11) is 7.15. The minimum Gasteiger partial charge on any atom is -0.493 e. The van der Waals surface area contributed by atoms with E-state index in [1.54, 1.807) is 32.6 Å². The lowest BCUT2D eigenvalue weighted by atomic mass is 10.1. The van der Waals surface area contributed by atoms with Crippen LogP contribution in [0.1, 0.15) is 27.9 Å². The molecular weight excluding hydrogens is 487 g/mol. The number of hydrogen-bond donors (Lipinski definition) is 1. The second-order valence-corrected chi connectivity index (χ2v) is 7.49. The number of guanidine groups is 1. The molecule has 0 unspecified atom stereocenters. The third-order valence-electron chi connectivity index (χ3n) is 4.39. The van der Waals surface area contributed by atoms with Crippen molar-refractivity contribution >= 4 is 41.3 Å². The van der Waals surface area contributed by atoms with Crippen molar-refractivity contribution in [2.45, 2.75) is 33.2 Å². The summed E-state index contributed by atoms with van der Waals surface area (Å²) >= 11 is 1.78. The fourth-order valence-electron chi connectivity index (χ4n) is 2.82. The van der Waals surface area contributed by atoms with Crippen LogP contribution in [-0.2, 0) is 19.4 Å². The minimum atomic E-state index is 0. The lowest BCUT2D eigenvalue weighted by Gasteiger charge is -2.23. The Bertz CT molecular complexity index is 780. The van der Waals surface area contributed by atoms with Crippen LogP contribution in [0.2, 0.25) is 0 Å². The molecule has 0 saturated carbocycles. The number of nitrogens with zero attached hydrogens (tertiary/aromatic N) is 3. The Morgan fingerprint density at radius 2 is 1.93 bits per heavy atom. The number of aliphatic imine (C=N–C) groups is 1. The molecular formula is C20H31IN4O2S. The van der Waals surface area contributed by atoms with E-state index in [0.29, 0.717) is 0 Å². The average Bonchev–Trinajstić information content (AvgIpc) is 3.14. The zero-order valence-electron chi connectivity index (χ0n) is 17.5. The number of aromatic nitrogens is 1. The summed E-state index contributed by atoms with van der Waals surface area (Å²) in [5.41, 5.74) is 2.33. The highest BCUT2D eigenvalue weighted by Gasteiger charge is 2.12. The fraction of sp³-hybridized carbons (Fsp3) is 0.500. The molecule has 8 heteroatoms. The van der Waals surface area contributed by atoms with Crippen LogP contribution in [0.25, 0.3) is 0 Å². The largest absolute Gasteiger partial charge is 0.493 e. The van der Waals surface area contributed by atoms with Gasteiger partial charge in [0.25, 0.3) is 0 Å². The molecule has 2 aromatic rings. The predicted octanol–water partition coefficient (Wildman–Crippen LogP) is 3.90. The van der Waals surface area contributed by atoms with Gasteiger partial charge in [-0.2, -0.15) is 0 Å². The minimum absolute atomic E-state index is 0. The van der Waals surface area contributed by atoms with Crippen LogP contribution in [0.3, 0.4) is 0 Å². The topological polar surface area (TPSA) is 59.0 Å². The molecule has 156 valence electrons. The molecule has 0 fully saturated rings. The maximum Gasteiger partial charge on any atom is 0.193 e. The first kappa shape index (κ1) is 24.5.